The minimum Gasteiger partial charge on any atom is -0.493 e. The minimum absolute atomic E-state index is 0.190. The molecular weight excluding hydrogens is 555 g/mol. The Bertz CT molecular complexity index is 1340. The number of benzene rings is 3. The third-order valence-corrected chi connectivity index (χ3v) is 7.43. The molecule has 1 saturated heterocycles. The number of carbonyl (C=O) groups excluding carboxylic acids is 1. The number of thioether (sulfide) groups is 1. The van der Waals surface area contributed by atoms with Gasteiger partial charge in [0.15, 0.2) is 5.17 Å². The number of ether oxygens (including phenoxy) is 1. The molecule has 1 amide bonds. The number of hydrogen-bond donors (Lipinski definition) is 0. The summed E-state index contributed by atoms with van der Waals surface area (Å²) in [5.74, 6) is 0.511. The van der Waals surface area contributed by atoms with Gasteiger partial charge in [0.1, 0.15) is 5.75 Å². The van der Waals surface area contributed by atoms with E-state index >= 15 is 0 Å². The molecule has 1 aliphatic heterocycles. The van der Waals surface area contributed by atoms with E-state index in [0.717, 1.165) is 21.2 Å². The normalized spacial score (nSPS) is 16.1. The van der Waals surface area contributed by atoms with E-state index in [1.807, 2.05) is 69.3 Å². The van der Waals surface area contributed by atoms with Gasteiger partial charge >= 0.3 is 0 Å². The maximum Gasteiger partial charge on any atom is 0.271 e. The van der Waals surface area contributed by atoms with E-state index in [4.69, 9.17) is 32.9 Å². The zero-order valence-electron chi connectivity index (χ0n) is 18.7. The van der Waals surface area contributed by atoms with Gasteiger partial charge in [-0.1, -0.05) is 51.3 Å². The van der Waals surface area contributed by atoms with E-state index in [-0.39, 0.29) is 5.91 Å². The van der Waals surface area contributed by atoms with E-state index in [2.05, 4.69) is 15.9 Å². The number of amidine groups is 1. The van der Waals surface area contributed by atoms with Crippen molar-refractivity contribution in [2.45, 2.75) is 20.8 Å². The van der Waals surface area contributed by atoms with Crippen molar-refractivity contribution < 1.29 is 9.53 Å². The molecule has 0 atom stereocenters. The van der Waals surface area contributed by atoms with Crippen LogP contribution in [0.1, 0.15) is 23.6 Å². The average molecular weight is 576 g/mol. The third kappa shape index (κ3) is 5.36. The van der Waals surface area contributed by atoms with Crippen molar-refractivity contribution in [3.05, 3.63) is 90.7 Å². The van der Waals surface area contributed by atoms with Gasteiger partial charge in [-0.3, -0.25) is 9.69 Å². The Hall–Kier alpha value is -2.25. The Balaban J connectivity index is 1.82. The number of rotatable bonds is 5. The van der Waals surface area contributed by atoms with Crippen molar-refractivity contribution in [1.29, 1.82) is 0 Å². The molecule has 0 unspecified atom stereocenters. The SMILES string of the molecule is CCOc1ccc(Br)cc1/C=C1/SC(=Nc2ccc(C)c(Cl)c2)N(c2ccc(C)c(Cl)c2)C1=O. The summed E-state index contributed by atoms with van der Waals surface area (Å²) >= 11 is 17.5. The summed E-state index contributed by atoms with van der Waals surface area (Å²) in [5, 5.41) is 1.72. The number of nitrogens with zero attached hydrogens (tertiary/aromatic N) is 2. The molecule has 1 aliphatic rings. The van der Waals surface area contributed by atoms with E-state index in [0.29, 0.717) is 43.8 Å². The summed E-state index contributed by atoms with van der Waals surface area (Å²) < 4.78 is 6.66. The first-order valence-electron chi connectivity index (χ1n) is 10.5. The molecule has 0 radical (unpaired) electrons. The second-order valence-electron chi connectivity index (χ2n) is 7.63. The first kappa shape index (κ1) is 24.9. The highest BCUT2D eigenvalue weighted by Gasteiger charge is 2.35. The smallest absolute Gasteiger partial charge is 0.271 e. The molecule has 0 aliphatic carbocycles. The molecule has 174 valence electrons. The van der Waals surface area contributed by atoms with Crippen LogP contribution in [0.15, 0.2) is 69.0 Å². The molecule has 0 aromatic heterocycles. The Morgan fingerprint density at radius 3 is 2.41 bits per heavy atom. The fraction of sp³-hybridized carbons (Fsp3) is 0.154. The Morgan fingerprint density at radius 1 is 1.03 bits per heavy atom. The van der Waals surface area contributed by atoms with E-state index in [1.54, 1.807) is 17.0 Å². The van der Waals surface area contributed by atoms with Crippen LogP contribution in [-0.4, -0.2) is 17.7 Å². The number of hydrogen-bond acceptors (Lipinski definition) is 4. The maximum absolute atomic E-state index is 13.6. The van der Waals surface area contributed by atoms with Gasteiger partial charge < -0.3 is 4.74 Å². The molecule has 4 nitrogen and oxygen atoms in total. The van der Waals surface area contributed by atoms with Crippen molar-refractivity contribution in [2.75, 3.05) is 11.5 Å². The van der Waals surface area contributed by atoms with Gasteiger partial charge in [0.25, 0.3) is 5.91 Å². The van der Waals surface area contributed by atoms with E-state index in [9.17, 15) is 4.79 Å². The van der Waals surface area contributed by atoms with Crippen LogP contribution in [0.25, 0.3) is 6.08 Å². The van der Waals surface area contributed by atoms with Crippen LogP contribution >= 0.6 is 50.9 Å². The zero-order valence-corrected chi connectivity index (χ0v) is 22.6. The first-order chi connectivity index (χ1) is 16.3. The maximum atomic E-state index is 13.6. The molecule has 0 bridgehead atoms. The standard InChI is InChI=1S/C26H21BrCl2N2O2S/c1-4-33-23-10-7-18(27)11-17(23)12-24-25(32)31(20-9-6-16(3)22(29)14-20)26(34-24)30-19-8-5-15(2)21(28)13-19/h5-14H,4H2,1-3H3/b24-12+,30-26?. The lowest BCUT2D eigenvalue weighted by molar-refractivity contribution is -0.113. The molecule has 3 aromatic carbocycles. The van der Waals surface area contributed by atoms with Crippen LogP contribution < -0.4 is 9.64 Å². The fourth-order valence-electron chi connectivity index (χ4n) is 3.32. The van der Waals surface area contributed by atoms with Crippen molar-refractivity contribution in [1.82, 2.24) is 0 Å². The van der Waals surface area contributed by atoms with Gasteiger partial charge in [0.05, 0.1) is 22.9 Å². The molecule has 0 spiro atoms. The average Bonchev–Trinajstić information content (AvgIpc) is 3.09. The predicted molar refractivity (Wildman–Crippen MR) is 148 cm³/mol. The monoisotopic (exact) mass is 574 g/mol. The molecule has 34 heavy (non-hydrogen) atoms. The Morgan fingerprint density at radius 2 is 1.74 bits per heavy atom. The largest absolute Gasteiger partial charge is 0.493 e. The van der Waals surface area contributed by atoms with Crippen LogP contribution in [0.5, 0.6) is 5.75 Å². The minimum atomic E-state index is -0.190. The number of aliphatic imine (C=N–C) groups is 1. The first-order valence-corrected chi connectivity index (χ1v) is 12.9. The lowest BCUT2D eigenvalue weighted by atomic mass is 10.1. The highest BCUT2D eigenvalue weighted by molar-refractivity contribution is 9.10. The Labute approximate surface area is 221 Å². The van der Waals surface area contributed by atoms with Gasteiger partial charge in [-0.05, 0) is 92.2 Å². The van der Waals surface area contributed by atoms with Gasteiger partial charge in [0.2, 0.25) is 0 Å². The third-order valence-electron chi connectivity index (χ3n) is 5.16. The number of amides is 1. The Kier molecular flexibility index (Phi) is 7.73. The molecule has 0 saturated carbocycles. The van der Waals surface area contributed by atoms with Gasteiger partial charge in [-0.15, -0.1) is 0 Å². The summed E-state index contributed by atoms with van der Waals surface area (Å²) in [6, 6.07) is 16.8. The predicted octanol–water partition coefficient (Wildman–Crippen LogP) is 8.58. The quantitative estimate of drug-likeness (QED) is 0.286. The number of carbonyl (C=O) groups is 1. The van der Waals surface area contributed by atoms with E-state index in [1.165, 1.54) is 11.8 Å². The second kappa shape index (κ2) is 10.6. The lowest BCUT2D eigenvalue weighted by Gasteiger charge is -2.16. The molecular formula is C26H21BrCl2N2O2S. The summed E-state index contributed by atoms with van der Waals surface area (Å²) in [5.41, 5.74) is 4.00. The van der Waals surface area contributed by atoms with Crippen LogP contribution in [0.4, 0.5) is 11.4 Å². The van der Waals surface area contributed by atoms with Crippen molar-refractivity contribution >= 4 is 79.4 Å². The van der Waals surface area contributed by atoms with Crippen molar-refractivity contribution in [2.24, 2.45) is 4.99 Å². The van der Waals surface area contributed by atoms with Crippen molar-refractivity contribution in [3.8, 4) is 5.75 Å². The molecule has 1 heterocycles. The van der Waals surface area contributed by atoms with Crippen LogP contribution in [0, 0.1) is 13.8 Å². The fourth-order valence-corrected chi connectivity index (χ4v) is 5.04. The van der Waals surface area contributed by atoms with Crippen LogP contribution in [-0.2, 0) is 4.79 Å². The highest BCUT2D eigenvalue weighted by Crippen LogP contribution is 2.40. The van der Waals surface area contributed by atoms with Crippen molar-refractivity contribution in [3.63, 3.8) is 0 Å². The summed E-state index contributed by atoms with van der Waals surface area (Å²) in [6.07, 6.45) is 1.83. The number of anilines is 1. The molecule has 4 rings (SSSR count). The summed E-state index contributed by atoms with van der Waals surface area (Å²) in [7, 11) is 0. The van der Waals surface area contributed by atoms with Gasteiger partial charge in [0, 0.05) is 20.1 Å². The molecule has 0 N–H and O–H groups in total. The van der Waals surface area contributed by atoms with Crippen LogP contribution in [0.2, 0.25) is 10.0 Å². The summed E-state index contributed by atoms with van der Waals surface area (Å²) in [6.45, 7) is 6.30. The molecule has 3 aromatic rings. The number of halogens is 3. The van der Waals surface area contributed by atoms with Gasteiger partial charge in [-0.2, -0.15) is 0 Å². The van der Waals surface area contributed by atoms with Crippen LogP contribution in [0.3, 0.4) is 0 Å². The lowest BCUT2D eigenvalue weighted by Crippen LogP contribution is -2.28. The van der Waals surface area contributed by atoms with E-state index < -0.39 is 0 Å². The highest BCUT2D eigenvalue weighted by atomic mass is 79.9. The second-order valence-corrected chi connectivity index (χ2v) is 10.4. The molecule has 8 heteroatoms. The summed E-state index contributed by atoms with van der Waals surface area (Å²) in [4.78, 5) is 20.5. The topological polar surface area (TPSA) is 41.9 Å². The zero-order chi connectivity index (χ0) is 24.4. The molecule has 1 fully saturated rings. The van der Waals surface area contributed by atoms with Gasteiger partial charge in [-0.25, -0.2) is 4.99 Å². The number of aryl methyl sites for hydroxylation is 2.